The van der Waals surface area contributed by atoms with Crippen molar-refractivity contribution in [3.8, 4) is 0 Å². The molecule has 0 aromatic rings. The van der Waals surface area contributed by atoms with Crippen LogP contribution in [0.1, 0.15) is 167 Å². The largest absolute Gasteiger partial charge is 0.353 e. The number of piperidine rings is 2. The van der Waals surface area contributed by atoms with Crippen LogP contribution in [0.25, 0.3) is 0 Å². The van der Waals surface area contributed by atoms with Crippen molar-refractivity contribution in [3.63, 3.8) is 0 Å². The molecule has 0 amide bonds. The van der Waals surface area contributed by atoms with Crippen molar-refractivity contribution in [2.24, 2.45) is 15.0 Å². The molecule has 0 aromatic carbocycles. The fourth-order valence-corrected chi connectivity index (χ4v) is 7.55. The molecule has 0 bridgehead atoms. The zero-order chi connectivity index (χ0) is 28.9. The van der Waals surface area contributed by atoms with Gasteiger partial charge in [-0.2, -0.15) is 0 Å². The van der Waals surface area contributed by atoms with Gasteiger partial charge < -0.3 is 15.5 Å². The van der Waals surface area contributed by atoms with Crippen LogP contribution in [0.15, 0.2) is 15.0 Å². The normalized spacial score (nSPS) is 25.6. The van der Waals surface area contributed by atoms with E-state index in [0.29, 0.717) is 24.2 Å². The van der Waals surface area contributed by atoms with E-state index in [2.05, 4.69) is 31.5 Å². The van der Waals surface area contributed by atoms with E-state index in [-0.39, 0.29) is 0 Å². The first-order chi connectivity index (χ1) is 20.9. The minimum Gasteiger partial charge on any atom is -0.353 e. The zero-order valence-corrected chi connectivity index (χ0v) is 27.3. The van der Waals surface area contributed by atoms with Gasteiger partial charge in [0.2, 0.25) is 0 Å². The fourth-order valence-electron chi connectivity index (χ4n) is 7.55. The number of guanidine groups is 1. The number of nitrogens with zero attached hydrogens (tertiary/aromatic N) is 4. The van der Waals surface area contributed by atoms with Crippen LogP contribution in [0.4, 0.5) is 0 Å². The fraction of sp³-hybridized carbons (Fsp3) is 0.944. The van der Waals surface area contributed by atoms with Gasteiger partial charge >= 0.3 is 0 Å². The summed E-state index contributed by atoms with van der Waals surface area (Å²) in [6.07, 6.45) is 35.2. The Labute approximate surface area is 259 Å². The second kappa shape index (κ2) is 21.3. The lowest BCUT2D eigenvalue weighted by molar-refractivity contribution is 0.312. The Morgan fingerprint density at radius 1 is 0.500 bits per heavy atom. The summed E-state index contributed by atoms with van der Waals surface area (Å²) >= 11 is 0. The van der Waals surface area contributed by atoms with Gasteiger partial charge in [0.15, 0.2) is 5.96 Å². The van der Waals surface area contributed by atoms with Crippen molar-refractivity contribution >= 4 is 12.0 Å². The van der Waals surface area contributed by atoms with Gasteiger partial charge in [-0.25, -0.2) is 15.0 Å². The third-order valence-corrected chi connectivity index (χ3v) is 10.3. The molecule has 0 atom stereocenters. The first-order valence-corrected chi connectivity index (χ1v) is 18.8. The van der Waals surface area contributed by atoms with Crippen LogP contribution in [0.3, 0.4) is 0 Å². The van der Waals surface area contributed by atoms with Gasteiger partial charge in [0.1, 0.15) is 0 Å². The molecule has 6 nitrogen and oxygen atoms in total. The van der Waals surface area contributed by atoms with Gasteiger partial charge in [0.05, 0.1) is 24.1 Å². The number of aliphatic imine (C=N–C) groups is 3. The number of hydrogen-bond donors (Lipinski definition) is 2. The van der Waals surface area contributed by atoms with Gasteiger partial charge in [-0.3, -0.25) is 0 Å². The molecule has 2 heterocycles. The number of hydrogen-bond acceptors (Lipinski definition) is 4. The summed E-state index contributed by atoms with van der Waals surface area (Å²) in [4.78, 5) is 16.7. The van der Waals surface area contributed by atoms with Crippen molar-refractivity contribution in [2.75, 3.05) is 26.2 Å². The highest BCUT2D eigenvalue weighted by molar-refractivity contribution is 5.80. The molecule has 0 aromatic heterocycles. The molecule has 6 fully saturated rings. The second-order valence-corrected chi connectivity index (χ2v) is 14.0. The number of likely N-dealkylation sites (tertiary alicyclic amines) is 1. The predicted octanol–water partition coefficient (Wildman–Crippen LogP) is 8.67. The summed E-state index contributed by atoms with van der Waals surface area (Å²) in [7, 11) is 0. The molecule has 0 unspecified atom stereocenters. The number of rotatable bonds is 4. The molecule has 0 spiro atoms. The van der Waals surface area contributed by atoms with Gasteiger partial charge in [-0.05, 0) is 96.6 Å². The summed E-state index contributed by atoms with van der Waals surface area (Å²) in [6.45, 7) is 4.93. The topological polar surface area (TPSA) is 64.4 Å². The number of nitrogens with one attached hydrogen (secondary N) is 2. The Morgan fingerprint density at radius 3 is 1.38 bits per heavy atom. The molecule has 0 radical (unpaired) electrons. The second-order valence-electron chi connectivity index (χ2n) is 14.0. The monoisotopic (exact) mass is 583 g/mol. The summed E-state index contributed by atoms with van der Waals surface area (Å²) in [5, 5.41) is 7.13. The Hall–Kier alpha value is -1.39. The van der Waals surface area contributed by atoms with Crippen LogP contribution in [0.5, 0.6) is 0 Å². The van der Waals surface area contributed by atoms with E-state index in [1.807, 2.05) is 0 Å². The Balaban J connectivity index is 0.000000167. The van der Waals surface area contributed by atoms with Crippen molar-refractivity contribution < 1.29 is 0 Å². The van der Waals surface area contributed by atoms with Crippen molar-refractivity contribution in [3.05, 3.63) is 0 Å². The zero-order valence-electron chi connectivity index (χ0n) is 27.3. The molecule has 6 aliphatic rings. The summed E-state index contributed by atoms with van der Waals surface area (Å²) in [6, 6.07) is 5.31. The summed E-state index contributed by atoms with van der Waals surface area (Å²) in [5.41, 5.74) is 0. The maximum Gasteiger partial charge on any atom is 0.194 e. The molecular formula is C36H66N6. The SMILES string of the molecule is C(=NC1CCCCC1)=NC1CCCCC1.C1CCC(N=C(NC2CCCCC2)N2CCCCC2)CC1.C1CCNCC1. The van der Waals surface area contributed by atoms with Gasteiger partial charge in [0.25, 0.3) is 0 Å². The Kier molecular flexibility index (Phi) is 17.0. The molecular weight excluding hydrogens is 516 g/mol. The summed E-state index contributed by atoms with van der Waals surface area (Å²) < 4.78 is 0. The standard InChI is InChI=1S/C18H33N3.C13H22N2.C5H11N/c1-4-10-16(11-5-1)19-18(21-14-8-3-9-15-21)20-17-12-6-2-7-13-17;1-3-7-12(8-4-1)14-11-15-13-9-5-2-6-10-13;1-2-4-6-5-3-1/h16-17H,1-15H2,(H,19,20);12-13H,1-10H2;6H,1-5H2. The van der Waals surface area contributed by atoms with E-state index in [0.717, 1.165) is 0 Å². The average molecular weight is 583 g/mol. The van der Waals surface area contributed by atoms with Gasteiger partial charge in [0, 0.05) is 19.1 Å². The minimum atomic E-state index is 0.533. The Bertz CT molecular complexity index is 722. The van der Waals surface area contributed by atoms with Crippen molar-refractivity contribution in [2.45, 2.75) is 191 Å². The average Bonchev–Trinajstić information content (AvgIpc) is 3.08. The lowest BCUT2D eigenvalue weighted by atomic mass is 9.95. The van der Waals surface area contributed by atoms with Crippen LogP contribution in [-0.4, -0.2) is 67.2 Å². The third kappa shape index (κ3) is 13.9. The highest BCUT2D eigenvalue weighted by Gasteiger charge is 2.22. The Morgan fingerprint density at radius 2 is 0.929 bits per heavy atom. The van der Waals surface area contributed by atoms with Crippen LogP contribution in [0.2, 0.25) is 0 Å². The van der Waals surface area contributed by atoms with E-state index in [4.69, 9.17) is 4.99 Å². The van der Waals surface area contributed by atoms with E-state index in [9.17, 15) is 0 Å². The van der Waals surface area contributed by atoms with E-state index >= 15 is 0 Å². The molecule has 42 heavy (non-hydrogen) atoms. The van der Waals surface area contributed by atoms with E-state index < -0.39 is 0 Å². The lowest BCUT2D eigenvalue weighted by Crippen LogP contribution is -2.49. The molecule has 2 N–H and O–H groups in total. The molecule has 6 rings (SSSR count). The first kappa shape index (κ1) is 33.5. The summed E-state index contributed by atoms with van der Waals surface area (Å²) in [5.74, 6) is 1.26. The predicted molar refractivity (Wildman–Crippen MR) is 180 cm³/mol. The molecule has 4 aliphatic carbocycles. The van der Waals surface area contributed by atoms with Crippen LogP contribution in [0, 0.1) is 0 Å². The van der Waals surface area contributed by atoms with Crippen LogP contribution in [-0.2, 0) is 0 Å². The third-order valence-electron chi connectivity index (χ3n) is 10.3. The molecule has 240 valence electrons. The van der Waals surface area contributed by atoms with E-state index in [1.54, 1.807) is 0 Å². The molecule has 6 heteroatoms. The van der Waals surface area contributed by atoms with Crippen LogP contribution < -0.4 is 10.6 Å². The van der Waals surface area contributed by atoms with E-state index in [1.165, 1.54) is 199 Å². The highest BCUT2D eigenvalue weighted by Crippen LogP contribution is 2.23. The maximum absolute atomic E-state index is 5.18. The van der Waals surface area contributed by atoms with Crippen LogP contribution >= 0.6 is 0 Å². The molecule has 4 saturated carbocycles. The first-order valence-electron chi connectivity index (χ1n) is 18.8. The highest BCUT2D eigenvalue weighted by atomic mass is 15.3. The van der Waals surface area contributed by atoms with Gasteiger partial charge in [-0.15, -0.1) is 0 Å². The van der Waals surface area contributed by atoms with Crippen molar-refractivity contribution in [1.82, 2.24) is 15.5 Å². The van der Waals surface area contributed by atoms with Crippen molar-refractivity contribution in [1.29, 1.82) is 0 Å². The molecule has 2 saturated heterocycles. The lowest BCUT2D eigenvalue weighted by Gasteiger charge is -2.35. The molecule has 2 aliphatic heterocycles. The minimum absolute atomic E-state index is 0.533. The quantitative estimate of drug-likeness (QED) is 0.257. The maximum atomic E-state index is 5.18. The van der Waals surface area contributed by atoms with Gasteiger partial charge in [-0.1, -0.05) is 83.5 Å². The smallest absolute Gasteiger partial charge is 0.194 e.